The van der Waals surface area contributed by atoms with Crippen molar-refractivity contribution in [1.82, 2.24) is 14.9 Å². The molecule has 1 aromatic carbocycles. The fraction of sp³-hybridized carbons (Fsp3) is 0.389. The summed E-state index contributed by atoms with van der Waals surface area (Å²) in [5.74, 6) is 1.76. The van der Waals surface area contributed by atoms with Crippen molar-refractivity contribution in [3.8, 4) is 0 Å². The number of carbonyl (C=O) groups excluding carboxylic acids is 1. The Hall–Kier alpha value is -2.14. The molecule has 4 rings (SSSR count). The summed E-state index contributed by atoms with van der Waals surface area (Å²) in [6.07, 6.45) is 1.20. The Morgan fingerprint density at radius 3 is 2.58 bits per heavy atom. The highest BCUT2D eigenvalue weighted by atomic mass is 35.5. The summed E-state index contributed by atoms with van der Waals surface area (Å²) in [4.78, 5) is 26.1. The fourth-order valence-electron chi connectivity index (χ4n) is 3.33. The van der Waals surface area contributed by atoms with E-state index in [0.29, 0.717) is 23.7 Å². The molecule has 124 valence electrons. The van der Waals surface area contributed by atoms with Gasteiger partial charge in [0.15, 0.2) is 0 Å². The molecule has 0 atom stereocenters. The molecule has 0 spiro atoms. The summed E-state index contributed by atoms with van der Waals surface area (Å²) in [6.45, 7) is 7.01. The predicted molar refractivity (Wildman–Crippen MR) is 93.4 cm³/mol. The van der Waals surface area contributed by atoms with Crippen molar-refractivity contribution in [2.24, 2.45) is 0 Å². The monoisotopic (exact) mass is 342 g/mol. The molecule has 3 heterocycles. The molecule has 0 saturated carbocycles. The van der Waals surface area contributed by atoms with Crippen LogP contribution in [-0.2, 0) is 13.1 Å². The highest BCUT2D eigenvalue weighted by molar-refractivity contribution is 6.31. The van der Waals surface area contributed by atoms with Gasteiger partial charge in [-0.3, -0.25) is 4.79 Å². The van der Waals surface area contributed by atoms with Crippen molar-refractivity contribution in [2.45, 2.75) is 33.4 Å². The summed E-state index contributed by atoms with van der Waals surface area (Å²) in [5.41, 5.74) is 3.67. The largest absolute Gasteiger partial charge is 0.356 e. The summed E-state index contributed by atoms with van der Waals surface area (Å²) in [7, 11) is 0. The van der Waals surface area contributed by atoms with Gasteiger partial charge < -0.3 is 9.80 Å². The van der Waals surface area contributed by atoms with Crippen LogP contribution in [0.15, 0.2) is 18.2 Å². The molecule has 24 heavy (non-hydrogen) atoms. The number of hydrogen-bond acceptors (Lipinski definition) is 4. The molecule has 0 bridgehead atoms. The Bertz CT molecular complexity index is 812. The van der Waals surface area contributed by atoms with Gasteiger partial charge in [-0.25, -0.2) is 9.97 Å². The molecular formula is C18H19ClN4O. The Morgan fingerprint density at radius 1 is 1.12 bits per heavy atom. The molecule has 2 aliphatic heterocycles. The Balaban J connectivity index is 1.64. The van der Waals surface area contributed by atoms with E-state index in [1.807, 2.05) is 30.9 Å². The minimum absolute atomic E-state index is 0.00851. The Morgan fingerprint density at radius 2 is 1.92 bits per heavy atom. The number of aryl methyl sites for hydroxylation is 2. The van der Waals surface area contributed by atoms with E-state index in [0.717, 1.165) is 41.6 Å². The number of aromatic nitrogens is 2. The molecule has 1 amide bonds. The highest BCUT2D eigenvalue weighted by Gasteiger charge is 2.31. The SMILES string of the molecule is Cc1cc(Cl)cc(C(=O)N2Cc3nc(C)nc(N4CCC4)c3C2)c1. The maximum atomic E-state index is 12.9. The van der Waals surface area contributed by atoms with Gasteiger partial charge in [0.05, 0.1) is 18.8 Å². The number of halogens is 1. The highest BCUT2D eigenvalue weighted by Crippen LogP contribution is 2.32. The minimum atomic E-state index is -0.00851. The van der Waals surface area contributed by atoms with Gasteiger partial charge in [0.25, 0.3) is 5.91 Å². The van der Waals surface area contributed by atoms with E-state index < -0.39 is 0 Å². The number of amides is 1. The molecule has 0 unspecified atom stereocenters. The lowest BCUT2D eigenvalue weighted by Crippen LogP contribution is -2.38. The van der Waals surface area contributed by atoms with Crippen LogP contribution >= 0.6 is 11.6 Å². The second kappa shape index (κ2) is 5.74. The zero-order chi connectivity index (χ0) is 16.8. The number of benzene rings is 1. The molecule has 2 aliphatic rings. The lowest BCUT2D eigenvalue weighted by molar-refractivity contribution is 0.0750. The third kappa shape index (κ3) is 2.63. The van der Waals surface area contributed by atoms with Crippen LogP contribution in [-0.4, -0.2) is 33.9 Å². The first kappa shape index (κ1) is 15.4. The average molecular weight is 343 g/mol. The van der Waals surface area contributed by atoms with Gasteiger partial charge in [-0.05, 0) is 44.0 Å². The van der Waals surface area contributed by atoms with Crippen molar-refractivity contribution >= 4 is 23.3 Å². The van der Waals surface area contributed by atoms with E-state index in [-0.39, 0.29) is 5.91 Å². The van der Waals surface area contributed by atoms with E-state index in [1.54, 1.807) is 6.07 Å². The molecule has 0 N–H and O–H groups in total. The van der Waals surface area contributed by atoms with Crippen LogP contribution in [0.25, 0.3) is 0 Å². The van der Waals surface area contributed by atoms with E-state index in [4.69, 9.17) is 11.6 Å². The first-order valence-corrected chi connectivity index (χ1v) is 8.57. The molecule has 2 aromatic rings. The van der Waals surface area contributed by atoms with Crippen molar-refractivity contribution in [3.05, 3.63) is 51.4 Å². The number of fused-ring (bicyclic) bond motifs is 1. The lowest BCUT2D eigenvalue weighted by Gasteiger charge is -2.33. The van der Waals surface area contributed by atoms with E-state index in [2.05, 4.69) is 14.9 Å². The number of rotatable bonds is 2. The van der Waals surface area contributed by atoms with Crippen LogP contribution in [0.5, 0.6) is 0 Å². The number of carbonyl (C=O) groups is 1. The number of nitrogens with zero attached hydrogens (tertiary/aromatic N) is 4. The van der Waals surface area contributed by atoms with Crippen LogP contribution < -0.4 is 4.90 Å². The van der Waals surface area contributed by atoms with Crippen molar-refractivity contribution in [2.75, 3.05) is 18.0 Å². The summed E-state index contributed by atoms with van der Waals surface area (Å²) >= 11 is 6.10. The van der Waals surface area contributed by atoms with E-state index >= 15 is 0 Å². The summed E-state index contributed by atoms with van der Waals surface area (Å²) < 4.78 is 0. The standard InChI is InChI=1S/C18H19ClN4O/c1-11-6-13(8-14(19)7-11)18(24)23-9-15-16(10-23)20-12(2)21-17(15)22-4-3-5-22/h6-8H,3-5,9-10H2,1-2H3. The van der Waals surface area contributed by atoms with E-state index in [9.17, 15) is 4.79 Å². The molecule has 1 fully saturated rings. The van der Waals surface area contributed by atoms with Crippen molar-refractivity contribution in [3.63, 3.8) is 0 Å². The van der Waals surface area contributed by atoms with Crippen LogP contribution in [0.1, 0.15) is 39.4 Å². The van der Waals surface area contributed by atoms with Crippen LogP contribution in [0.4, 0.5) is 5.82 Å². The third-order valence-electron chi connectivity index (χ3n) is 4.60. The molecular weight excluding hydrogens is 324 g/mol. The summed E-state index contributed by atoms with van der Waals surface area (Å²) in [5, 5.41) is 0.590. The normalized spacial score (nSPS) is 16.1. The van der Waals surface area contributed by atoms with Crippen molar-refractivity contribution < 1.29 is 4.79 Å². The second-order valence-electron chi connectivity index (χ2n) is 6.54. The molecule has 0 radical (unpaired) electrons. The van der Waals surface area contributed by atoms with Crippen LogP contribution in [0, 0.1) is 13.8 Å². The first-order chi connectivity index (χ1) is 11.5. The maximum Gasteiger partial charge on any atom is 0.254 e. The zero-order valence-electron chi connectivity index (χ0n) is 13.8. The second-order valence-corrected chi connectivity index (χ2v) is 6.98. The van der Waals surface area contributed by atoms with Gasteiger partial charge in [0.2, 0.25) is 0 Å². The Kier molecular flexibility index (Phi) is 3.68. The van der Waals surface area contributed by atoms with Gasteiger partial charge in [0.1, 0.15) is 11.6 Å². The molecule has 1 saturated heterocycles. The molecule has 0 aliphatic carbocycles. The number of anilines is 1. The van der Waals surface area contributed by atoms with Crippen LogP contribution in [0.2, 0.25) is 5.02 Å². The van der Waals surface area contributed by atoms with Gasteiger partial charge in [-0.1, -0.05) is 11.6 Å². The molecule has 1 aromatic heterocycles. The topological polar surface area (TPSA) is 49.3 Å². The van der Waals surface area contributed by atoms with Crippen molar-refractivity contribution in [1.29, 1.82) is 0 Å². The smallest absolute Gasteiger partial charge is 0.254 e. The number of hydrogen-bond donors (Lipinski definition) is 0. The van der Waals surface area contributed by atoms with Gasteiger partial charge >= 0.3 is 0 Å². The Labute approximate surface area is 146 Å². The maximum absolute atomic E-state index is 12.9. The van der Waals surface area contributed by atoms with Crippen LogP contribution in [0.3, 0.4) is 0 Å². The lowest BCUT2D eigenvalue weighted by atomic mass is 10.1. The quantitative estimate of drug-likeness (QED) is 0.841. The first-order valence-electron chi connectivity index (χ1n) is 8.19. The summed E-state index contributed by atoms with van der Waals surface area (Å²) in [6, 6.07) is 5.46. The van der Waals surface area contributed by atoms with Gasteiger partial charge in [-0.15, -0.1) is 0 Å². The third-order valence-corrected chi connectivity index (χ3v) is 4.82. The average Bonchev–Trinajstić information content (AvgIpc) is 2.87. The van der Waals surface area contributed by atoms with Gasteiger partial charge in [0, 0.05) is 29.2 Å². The molecule has 5 nitrogen and oxygen atoms in total. The minimum Gasteiger partial charge on any atom is -0.356 e. The fourth-order valence-corrected chi connectivity index (χ4v) is 3.62. The van der Waals surface area contributed by atoms with E-state index in [1.165, 1.54) is 6.42 Å². The molecule has 6 heteroatoms. The predicted octanol–water partition coefficient (Wildman–Crippen LogP) is 3.11. The van der Waals surface area contributed by atoms with Gasteiger partial charge in [-0.2, -0.15) is 0 Å². The zero-order valence-corrected chi connectivity index (χ0v) is 14.6.